The molecule has 0 N–H and O–H groups in total. The number of hydrogen-bond acceptors (Lipinski definition) is 5. The van der Waals surface area contributed by atoms with Crippen LogP contribution in [0.25, 0.3) is 0 Å². The third-order valence-corrected chi connectivity index (χ3v) is 10.3. The number of benzene rings is 2. The molecule has 9 nitrogen and oxygen atoms in total. The normalized spacial score (nSPS) is 15.5. The van der Waals surface area contributed by atoms with E-state index < -0.39 is 18.0 Å². The molecule has 0 aliphatic carbocycles. The monoisotopic (exact) mass is 729 g/mol. The number of aromatic nitrogens is 1. The van der Waals surface area contributed by atoms with Crippen LogP contribution in [-0.2, 0) is 22.4 Å². The maximum atomic E-state index is 14.3. The Morgan fingerprint density at radius 2 is 1.15 bits per heavy atom. The molecular weight excluding hydrogens is 676 g/mol. The van der Waals surface area contributed by atoms with E-state index >= 15 is 0 Å². The van der Waals surface area contributed by atoms with Crippen molar-refractivity contribution in [3.8, 4) is 0 Å². The molecule has 11 heteroatoms. The number of hydrogen-bond donors (Lipinski definition) is 0. The average molecular weight is 730 g/mol. The van der Waals surface area contributed by atoms with Gasteiger partial charge in [0.25, 0.3) is 11.8 Å². The fourth-order valence-corrected chi connectivity index (χ4v) is 7.59. The summed E-state index contributed by atoms with van der Waals surface area (Å²) in [5.74, 6) is -2.13. The van der Waals surface area contributed by atoms with Gasteiger partial charge in [-0.25, -0.2) is 8.78 Å². The van der Waals surface area contributed by atoms with Crippen LogP contribution < -0.4 is 0 Å². The van der Waals surface area contributed by atoms with Gasteiger partial charge in [0.1, 0.15) is 29.4 Å². The molecule has 2 unspecified atom stereocenters. The Kier molecular flexibility index (Phi) is 13.7. The fraction of sp³-hybridized carbons (Fsp3) is 0.500. The molecule has 284 valence electrons. The van der Waals surface area contributed by atoms with Crippen molar-refractivity contribution in [2.75, 3.05) is 39.3 Å². The topological polar surface area (TPSA) is 94.1 Å². The van der Waals surface area contributed by atoms with Crippen molar-refractivity contribution in [3.05, 3.63) is 101 Å². The number of nitrogens with zero attached hydrogens (tertiary/aromatic N) is 5. The summed E-state index contributed by atoms with van der Waals surface area (Å²) in [5.41, 5.74) is 1.81. The maximum absolute atomic E-state index is 14.3. The van der Waals surface area contributed by atoms with E-state index in [1.165, 1.54) is 36.5 Å². The van der Waals surface area contributed by atoms with E-state index in [1.54, 1.807) is 39.0 Å². The largest absolute Gasteiger partial charge is 0.341 e. The van der Waals surface area contributed by atoms with Crippen LogP contribution in [0.2, 0.25) is 0 Å². The zero-order valence-corrected chi connectivity index (χ0v) is 31.5. The first-order valence-corrected chi connectivity index (χ1v) is 19.1. The summed E-state index contributed by atoms with van der Waals surface area (Å²) in [7, 11) is 0. The van der Waals surface area contributed by atoms with Gasteiger partial charge in [-0.3, -0.25) is 24.2 Å². The van der Waals surface area contributed by atoms with Crippen molar-refractivity contribution in [3.63, 3.8) is 0 Å². The molecule has 3 aromatic rings. The molecule has 5 rings (SSSR count). The first-order chi connectivity index (χ1) is 25.4. The number of rotatable bonds is 15. The van der Waals surface area contributed by atoms with Crippen LogP contribution in [0.5, 0.6) is 0 Å². The predicted octanol–water partition coefficient (Wildman–Crippen LogP) is 6.41. The van der Waals surface area contributed by atoms with Crippen molar-refractivity contribution in [1.29, 1.82) is 0 Å². The average Bonchev–Trinajstić information content (AvgIpc) is 3.88. The number of halogens is 2. The van der Waals surface area contributed by atoms with Crippen molar-refractivity contribution in [2.24, 2.45) is 11.8 Å². The summed E-state index contributed by atoms with van der Waals surface area (Å²) in [4.78, 5) is 67.6. The second kappa shape index (κ2) is 18.4. The smallest absolute Gasteiger partial charge is 0.273 e. The zero-order chi connectivity index (χ0) is 38.1. The Balaban J connectivity index is 1.41. The predicted molar refractivity (Wildman–Crippen MR) is 200 cm³/mol. The molecule has 4 amide bonds. The lowest BCUT2D eigenvalue weighted by Gasteiger charge is -2.36. The first-order valence-electron chi connectivity index (χ1n) is 19.1. The Hall–Kier alpha value is -4.67. The minimum absolute atomic E-state index is 0.0758. The third-order valence-electron chi connectivity index (χ3n) is 10.3. The second-order valence-electron chi connectivity index (χ2n) is 15.0. The summed E-state index contributed by atoms with van der Waals surface area (Å²) in [5, 5.41) is 0. The molecule has 1 aromatic heterocycles. The number of carbonyl (C=O) groups excluding carboxylic acids is 4. The van der Waals surface area contributed by atoms with Gasteiger partial charge in [0.2, 0.25) is 11.8 Å². The number of pyridine rings is 1. The molecule has 53 heavy (non-hydrogen) atoms. The van der Waals surface area contributed by atoms with Crippen LogP contribution in [0.1, 0.15) is 91.8 Å². The van der Waals surface area contributed by atoms with Gasteiger partial charge in [0, 0.05) is 45.5 Å². The second-order valence-corrected chi connectivity index (χ2v) is 15.0. The van der Waals surface area contributed by atoms with Crippen molar-refractivity contribution in [1.82, 2.24) is 24.6 Å². The zero-order valence-electron chi connectivity index (χ0n) is 31.5. The molecule has 0 saturated carbocycles. The van der Waals surface area contributed by atoms with E-state index in [2.05, 4.69) is 4.98 Å². The van der Waals surface area contributed by atoms with Crippen LogP contribution in [-0.4, -0.2) is 99.6 Å². The highest BCUT2D eigenvalue weighted by molar-refractivity contribution is 5.99. The molecule has 0 spiro atoms. The molecular formula is C42H53F2N5O4. The van der Waals surface area contributed by atoms with E-state index in [4.69, 9.17) is 0 Å². The maximum Gasteiger partial charge on any atom is 0.273 e. The van der Waals surface area contributed by atoms with Gasteiger partial charge < -0.3 is 19.6 Å². The molecule has 2 aromatic carbocycles. The molecule has 2 fully saturated rings. The van der Waals surface area contributed by atoms with Gasteiger partial charge in [-0.2, -0.15) is 0 Å². The summed E-state index contributed by atoms with van der Waals surface area (Å²) in [6.45, 7) is 10.7. The summed E-state index contributed by atoms with van der Waals surface area (Å²) >= 11 is 0. The summed E-state index contributed by atoms with van der Waals surface area (Å²) in [6.07, 6.45) is 6.40. The van der Waals surface area contributed by atoms with Gasteiger partial charge in [-0.1, -0.05) is 52.0 Å². The highest BCUT2D eigenvalue weighted by Crippen LogP contribution is 2.24. The fourth-order valence-electron chi connectivity index (χ4n) is 7.59. The Morgan fingerprint density at radius 3 is 1.60 bits per heavy atom. The molecule has 2 aliphatic heterocycles. The molecule has 3 heterocycles. The molecule has 2 atom stereocenters. The standard InChI is InChI=1S/C42H53F2N5O4/c1-29(2)37(41(52)46-20-5-6-21-46)48(24-11-14-31-12-9-15-34(43)26-31)39(50)33-17-18-36(45-28-33)40(51)49(25-19-32-13-10-16-35(44)27-32)38(30(3)4)42(53)47-22-7-8-23-47/h9-10,12-13,15-18,26-30,37-38H,5-8,11,14,19-25H2,1-4H3. The van der Waals surface area contributed by atoms with Gasteiger partial charge in [-0.05, 0) is 104 Å². The number of likely N-dealkylation sites (tertiary alicyclic amines) is 2. The van der Waals surface area contributed by atoms with Gasteiger partial charge in [0.15, 0.2) is 0 Å². The number of carbonyl (C=O) groups is 4. The Morgan fingerprint density at radius 1 is 0.660 bits per heavy atom. The Bertz CT molecular complexity index is 1720. The van der Waals surface area contributed by atoms with E-state index in [9.17, 15) is 28.0 Å². The molecule has 0 bridgehead atoms. The SMILES string of the molecule is CC(C)C(C(=O)N1CCCC1)N(CCCc1cccc(F)c1)C(=O)c1ccc(C(=O)N(CCc2cccc(F)c2)C(C(=O)N2CCCC2)C(C)C)nc1. The number of aryl methyl sites for hydroxylation is 1. The quantitative estimate of drug-likeness (QED) is 0.180. The van der Waals surface area contributed by atoms with Gasteiger partial charge in [-0.15, -0.1) is 0 Å². The van der Waals surface area contributed by atoms with Gasteiger partial charge in [0.05, 0.1) is 5.56 Å². The summed E-state index contributed by atoms with van der Waals surface area (Å²) < 4.78 is 28.0. The van der Waals surface area contributed by atoms with Crippen molar-refractivity contribution >= 4 is 23.6 Å². The minimum Gasteiger partial charge on any atom is -0.341 e. The Labute approximate surface area is 312 Å². The highest BCUT2D eigenvalue weighted by atomic mass is 19.1. The van der Waals surface area contributed by atoms with Crippen LogP contribution in [0, 0.1) is 23.5 Å². The highest BCUT2D eigenvalue weighted by Gasteiger charge is 2.38. The van der Waals surface area contributed by atoms with Crippen molar-refractivity contribution in [2.45, 2.75) is 84.7 Å². The lowest BCUT2D eigenvalue weighted by molar-refractivity contribution is -0.137. The first kappa shape index (κ1) is 39.5. The van der Waals surface area contributed by atoms with Crippen molar-refractivity contribution < 1.29 is 28.0 Å². The van der Waals surface area contributed by atoms with Crippen LogP contribution >= 0.6 is 0 Å². The van der Waals surface area contributed by atoms with E-state index in [0.717, 1.165) is 31.2 Å². The van der Waals surface area contributed by atoms with Crippen LogP contribution in [0.15, 0.2) is 66.9 Å². The molecule has 2 saturated heterocycles. The summed E-state index contributed by atoms with van der Waals surface area (Å²) in [6, 6.07) is 14.2. The molecule has 2 aliphatic rings. The number of amides is 4. The van der Waals surface area contributed by atoms with E-state index in [-0.39, 0.29) is 65.5 Å². The molecule has 0 radical (unpaired) electrons. The van der Waals surface area contributed by atoms with E-state index in [1.807, 2.05) is 38.7 Å². The van der Waals surface area contributed by atoms with Crippen LogP contribution in [0.4, 0.5) is 8.78 Å². The lowest BCUT2D eigenvalue weighted by Crippen LogP contribution is -2.54. The van der Waals surface area contributed by atoms with E-state index in [0.29, 0.717) is 51.0 Å². The minimum atomic E-state index is -0.755. The van der Waals surface area contributed by atoms with Crippen LogP contribution in [0.3, 0.4) is 0 Å². The lowest BCUT2D eigenvalue weighted by atomic mass is 9.98. The third kappa shape index (κ3) is 10.1. The van der Waals surface area contributed by atoms with Gasteiger partial charge >= 0.3 is 0 Å².